The summed E-state index contributed by atoms with van der Waals surface area (Å²) in [4.78, 5) is 50.3. The zero-order chi connectivity index (χ0) is 31.6. The van der Waals surface area contributed by atoms with Crippen LogP contribution in [-0.2, 0) is 33.8 Å². The predicted molar refractivity (Wildman–Crippen MR) is 159 cm³/mol. The van der Waals surface area contributed by atoms with Gasteiger partial charge in [-0.3, -0.25) is 19.1 Å². The van der Waals surface area contributed by atoms with Crippen molar-refractivity contribution in [2.75, 3.05) is 38.7 Å². The molecule has 43 heavy (non-hydrogen) atoms. The van der Waals surface area contributed by atoms with Gasteiger partial charge in [0.2, 0.25) is 11.8 Å². The van der Waals surface area contributed by atoms with E-state index in [9.17, 15) is 29.4 Å². The number of hydrogen-bond donors (Lipinski definition) is 5. The first kappa shape index (κ1) is 32.9. The molecule has 0 unspecified atom stereocenters. The number of hydrogen-bond acceptors (Lipinski definition) is 10. The number of aryl methyl sites for hydroxylation is 1. The van der Waals surface area contributed by atoms with Gasteiger partial charge in [-0.25, -0.2) is 4.79 Å². The number of carbonyl (C=O) groups is 3. The van der Waals surface area contributed by atoms with Gasteiger partial charge in [-0.1, -0.05) is 19.1 Å². The molecule has 1 atom stereocenters. The maximum atomic E-state index is 12.5. The number of amides is 3. The van der Waals surface area contributed by atoms with E-state index >= 15 is 0 Å². The third-order valence-electron chi connectivity index (χ3n) is 6.69. The molecule has 1 aromatic carbocycles. The maximum Gasteiger partial charge on any atom is 0.336 e. The fourth-order valence-electron chi connectivity index (χ4n) is 4.00. The fourth-order valence-corrected chi connectivity index (χ4v) is 4.00. The summed E-state index contributed by atoms with van der Waals surface area (Å²) in [6.07, 6.45) is 3.67. The molecule has 14 nitrogen and oxygen atoms in total. The molecule has 0 saturated heterocycles. The Labute approximate surface area is 248 Å². The third-order valence-corrected chi connectivity index (χ3v) is 6.69. The van der Waals surface area contributed by atoms with Crippen LogP contribution in [0.1, 0.15) is 31.5 Å². The Kier molecular flexibility index (Phi) is 11.5. The molecule has 0 radical (unpaired) electrons. The molecule has 0 fully saturated rings. The van der Waals surface area contributed by atoms with Gasteiger partial charge >= 0.3 is 5.63 Å². The Morgan fingerprint density at radius 1 is 1.16 bits per heavy atom. The van der Waals surface area contributed by atoms with Gasteiger partial charge < -0.3 is 35.5 Å². The molecule has 14 heteroatoms. The molecule has 3 aromatic rings. The molecule has 3 amide bonds. The zero-order valence-electron chi connectivity index (χ0n) is 24.8. The van der Waals surface area contributed by atoms with Crippen molar-refractivity contribution in [3.63, 3.8) is 0 Å². The summed E-state index contributed by atoms with van der Waals surface area (Å²) in [7, 11) is 3.78. The Bertz CT molecular complexity index is 1510. The van der Waals surface area contributed by atoms with Crippen molar-refractivity contribution in [2.24, 2.45) is 5.41 Å². The van der Waals surface area contributed by atoms with Crippen molar-refractivity contribution in [3.8, 4) is 0 Å². The number of anilines is 1. The topological polar surface area (TPSA) is 192 Å². The molecule has 0 aliphatic carbocycles. The van der Waals surface area contributed by atoms with E-state index in [2.05, 4.69) is 26.3 Å². The van der Waals surface area contributed by atoms with Crippen LogP contribution in [0.15, 0.2) is 51.9 Å². The highest BCUT2D eigenvalue weighted by Crippen LogP contribution is 2.23. The molecular weight excluding hydrogens is 558 g/mol. The van der Waals surface area contributed by atoms with Gasteiger partial charge in [0.05, 0.1) is 18.7 Å². The maximum absolute atomic E-state index is 12.5. The summed E-state index contributed by atoms with van der Waals surface area (Å²) < 4.78 is 6.97. The molecule has 2 heterocycles. The van der Waals surface area contributed by atoms with Gasteiger partial charge in [-0.05, 0) is 24.1 Å². The van der Waals surface area contributed by atoms with E-state index in [1.54, 1.807) is 30.8 Å². The molecule has 5 N–H and O–H groups in total. The Balaban J connectivity index is 1.36. The predicted octanol–water partition coefficient (Wildman–Crippen LogP) is -0.132. The lowest BCUT2D eigenvalue weighted by Crippen LogP contribution is -2.44. The van der Waals surface area contributed by atoms with Crippen LogP contribution in [0.4, 0.5) is 5.69 Å². The van der Waals surface area contributed by atoms with Gasteiger partial charge in [0.1, 0.15) is 11.7 Å². The summed E-state index contributed by atoms with van der Waals surface area (Å²) in [6, 6.07) is 6.86. The van der Waals surface area contributed by atoms with Gasteiger partial charge in [0, 0.05) is 87.2 Å². The Morgan fingerprint density at radius 3 is 2.65 bits per heavy atom. The van der Waals surface area contributed by atoms with Gasteiger partial charge in [0.15, 0.2) is 0 Å². The number of aromatic nitrogens is 3. The number of benzene rings is 1. The van der Waals surface area contributed by atoms with Crippen LogP contribution in [-0.4, -0.2) is 82.8 Å². The molecule has 232 valence electrons. The summed E-state index contributed by atoms with van der Waals surface area (Å²) in [5, 5.41) is 35.9. The minimum absolute atomic E-state index is 0.0496. The Morgan fingerprint density at radius 2 is 1.93 bits per heavy atom. The monoisotopic (exact) mass is 597 g/mol. The minimum atomic E-state index is -1.43. The molecule has 0 saturated carbocycles. The van der Waals surface area contributed by atoms with Gasteiger partial charge in [-0.15, -0.1) is 5.10 Å². The number of nitrogens with zero attached hydrogens (tertiary/aromatic N) is 4. The first-order valence-electron chi connectivity index (χ1n) is 13.8. The van der Waals surface area contributed by atoms with Gasteiger partial charge in [-0.2, -0.15) is 0 Å². The van der Waals surface area contributed by atoms with Crippen LogP contribution < -0.4 is 26.5 Å². The zero-order valence-corrected chi connectivity index (χ0v) is 24.8. The highest BCUT2D eigenvalue weighted by atomic mass is 16.4. The van der Waals surface area contributed by atoms with E-state index in [-0.39, 0.29) is 25.5 Å². The van der Waals surface area contributed by atoms with Crippen molar-refractivity contribution < 1.29 is 29.0 Å². The van der Waals surface area contributed by atoms with Crippen LogP contribution in [0.25, 0.3) is 11.0 Å². The van der Waals surface area contributed by atoms with E-state index in [0.29, 0.717) is 48.2 Å². The summed E-state index contributed by atoms with van der Waals surface area (Å²) >= 11 is 0. The number of fused-ring (bicyclic) bond motifs is 1. The second-order valence-electron chi connectivity index (χ2n) is 11.0. The van der Waals surface area contributed by atoms with E-state index in [1.807, 2.05) is 31.1 Å². The van der Waals surface area contributed by atoms with E-state index < -0.39 is 29.0 Å². The van der Waals surface area contributed by atoms with Crippen molar-refractivity contribution in [1.82, 2.24) is 30.9 Å². The standard InChI is InChI=1S/C29H39N7O7/c1-29(2,18-37)27(41)28(42)32-12-9-24(38)31-11-8-20-17-36(34-33-20)13-5-10-30-25(39)14-19-15-26(40)43-23-16-21(35(3)4)6-7-22(19)23/h6-7,9,12,15-17,27,37,41H,5,8,10-11,13-14,18H2,1-4H3,(H,30,39)(H,31,38)(H,32,42)/b12-9+/t27-/m0/s1. The van der Waals surface area contributed by atoms with Crippen LogP contribution in [0.5, 0.6) is 0 Å². The molecule has 0 aliphatic heterocycles. The van der Waals surface area contributed by atoms with Crippen LogP contribution >= 0.6 is 0 Å². The third kappa shape index (κ3) is 9.75. The molecular formula is C29H39N7O7. The largest absolute Gasteiger partial charge is 0.423 e. The highest BCUT2D eigenvalue weighted by Gasteiger charge is 2.32. The Hall–Kier alpha value is -4.56. The minimum Gasteiger partial charge on any atom is -0.423 e. The first-order valence-corrected chi connectivity index (χ1v) is 13.8. The lowest BCUT2D eigenvalue weighted by atomic mass is 9.87. The second-order valence-corrected chi connectivity index (χ2v) is 11.0. The number of rotatable bonds is 15. The molecule has 0 spiro atoms. The average Bonchev–Trinajstić information content (AvgIpc) is 3.41. The lowest BCUT2D eigenvalue weighted by Gasteiger charge is -2.26. The number of carbonyl (C=O) groups excluding carboxylic acids is 3. The van der Waals surface area contributed by atoms with Crippen molar-refractivity contribution in [1.29, 1.82) is 0 Å². The molecule has 0 bridgehead atoms. The fraction of sp³-hybridized carbons (Fsp3) is 0.448. The van der Waals surface area contributed by atoms with Crippen molar-refractivity contribution >= 4 is 34.4 Å². The number of aliphatic hydroxyl groups excluding tert-OH is 2. The number of nitrogens with one attached hydrogen (secondary N) is 3. The van der Waals surface area contributed by atoms with Crippen molar-refractivity contribution in [2.45, 2.75) is 45.8 Å². The van der Waals surface area contributed by atoms with E-state index in [4.69, 9.17) is 4.42 Å². The van der Waals surface area contributed by atoms with E-state index in [0.717, 1.165) is 18.0 Å². The van der Waals surface area contributed by atoms with E-state index in [1.165, 1.54) is 6.07 Å². The summed E-state index contributed by atoms with van der Waals surface area (Å²) in [5.41, 5.74) is 1.07. The summed E-state index contributed by atoms with van der Waals surface area (Å²) in [5.74, 6) is -1.38. The van der Waals surface area contributed by atoms with Crippen LogP contribution in [0.2, 0.25) is 0 Å². The SMILES string of the molecule is CN(C)c1ccc2c(CC(=O)NCCCn3cc(CCNC(=O)/C=C/NC(=O)[C@H](O)C(C)(C)CO)nn3)cc(=O)oc2c1. The van der Waals surface area contributed by atoms with Crippen molar-refractivity contribution in [3.05, 3.63) is 64.4 Å². The average molecular weight is 598 g/mol. The van der Waals surface area contributed by atoms with Crippen LogP contribution in [0, 0.1) is 5.41 Å². The molecule has 3 rings (SSSR count). The lowest BCUT2D eigenvalue weighted by molar-refractivity contribution is -0.136. The normalized spacial score (nSPS) is 12.3. The quantitative estimate of drug-likeness (QED) is 0.0895. The smallest absolute Gasteiger partial charge is 0.336 e. The van der Waals surface area contributed by atoms with Gasteiger partial charge in [0.25, 0.3) is 5.91 Å². The molecule has 2 aromatic heterocycles. The second kappa shape index (κ2) is 15.1. The molecule has 0 aliphatic rings. The van der Waals surface area contributed by atoms with Crippen LogP contribution in [0.3, 0.4) is 0 Å². The summed E-state index contributed by atoms with van der Waals surface area (Å²) in [6.45, 7) is 3.92. The highest BCUT2D eigenvalue weighted by molar-refractivity contribution is 5.89. The first-order chi connectivity index (χ1) is 20.4. The number of aliphatic hydroxyl groups is 2.